The summed E-state index contributed by atoms with van der Waals surface area (Å²) in [6.07, 6.45) is 2.38. The number of anilines is 1. The van der Waals surface area contributed by atoms with E-state index in [9.17, 15) is 4.79 Å². The van der Waals surface area contributed by atoms with E-state index in [1.165, 1.54) is 0 Å². The van der Waals surface area contributed by atoms with Crippen molar-refractivity contribution in [3.8, 4) is 0 Å². The number of nitrogens with zero attached hydrogens (tertiary/aromatic N) is 2. The molecule has 0 aliphatic rings. The molecule has 0 fully saturated rings. The Morgan fingerprint density at radius 2 is 2.00 bits per heavy atom. The highest BCUT2D eigenvalue weighted by atomic mass is 16.2. The van der Waals surface area contributed by atoms with Gasteiger partial charge in [0.2, 0.25) is 11.9 Å². The van der Waals surface area contributed by atoms with Gasteiger partial charge < -0.3 is 0 Å². The Labute approximate surface area is 112 Å². The van der Waals surface area contributed by atoms with Gasteiger partial charge in [0.05, 0.1) is 5.92 Å². The van der Waals surface area contributed by atoms with Gasteiger partial charge in [0.25, 0.3) is 0 Å². The first-order valence-corrected chi connectivity index (χ1v) is 6.36. The number of amides is 1. The molecule has 2 rings (SSSR count). The maximum absolute atomic E-state index is 12.3. The highest BCUT2D eigenvalue weighted by molar-refractivity contribution is 5.94. The van der Waals surface area contributed by atoms with E-state index in [0.717, 1.165) is 17.7 Å². The Morgan fingerprint density at radius 1 is 1.26 bits per heavy atom. The molecule has 0 aliphatic carbocycles. The van der Waals surface area contributed by atoms with Gasteiger partial charge in [-0.3, -0.25) is 10.1 Å². The van der Waals surface area contributed by atoms with Gasteiger partial charge >= 0.3 is 0 Å². The van der Waals surface area contributed by atoms with Crippen LogP contribution in [0, 0.1) is 6.92 Å². The first-order chi connectivity index (χ1) is 9.20. The van der Waals surface area contributed by atoms with Crippen LogP contribution >= 0.6 is 0 Å². The highest BCUT2D eigenvalue weighted by Gasteiger charge is 2.19. The van der Waals surface area contributed by atoms with E-state index in [1.807, 2.05) is 44.2 Å². The number of carbonyl (C=O) groups excluding carboxylic acids is 1. The number of benzene rings is 1. The Kier molecular flexibility index (Phi) is 4.23. The van der Waals surface area contributed by atoms with Gasteiger partial charge in [-0.1, -0.05) is 37.3 Å². The minimum Gasteiger partial charge on any atom is -0.294 e. The molecule has 1 aromatic heterocycles. The molecule has 0 saturated heterocycles. The van der Waals surface area contributed by atoms with Crippen LogP contribution in [0.1, 0.15) is 30.5 Å². The van der Waals surface area contributed by atoms with Crippen molar-refractivity contribution in [2.45, 2.75) is 26.2 Å². The zero-order chi connectivity index (χ0) is 13.7. The number of carbonyl (C=O) groups is 1. The Bertz CT molecular complexity index is 554. The summed E-state index contributed by atoms with van der Waals surface area (Å²) in [6.45, 7) is 3.86. The largest absolute Gasteiger partial charge is 0.294 e. The maximum Gasteiger partial charge on any atom is 0.234 e. The fourth-order valence-electron chi connectivity index (χ4n) is 1.96. The fourth-order valence-corrected chi connectivity index (χ4v) is 1.96. The van der Waals surface area contributed by atoms with Gasteiger partial charge in [-0.05, 0) is 25.0 Å². The van der Waals surface area contributed by atoms with Crippen LogP contribution in [0.2, 0.25) is 0 Å². The number of aryl methyl sites for hydroxylation is 1. The molecule has 0 unspecified atom stereocenters. The Hall–Kier alpha value is -2.23. The van der Waals surface area contributed by atoms with Crippen LogP contribution < -0.4 is 5.32 Å². The van der Waals surface area contributed by atoms with Crippen LogP contribution in [0.4, 0.5) is 5.95 Å². The van der Waals surface area contributed by atoms with E-state index < -0.39 is 0 Å². The molecule has 1 heterocycles. The summed E-state index contributed by atoms with van der Waals surface area (Å²) in [4.78, 5) is 20.5. The molecule has 2 aromatic rings. The Balaban J connectivity index is 2.14. The van der Waals surface area contributed by atoms with Crippen molar-refractivity contribution in [2.75, 3.05) is 5.32 Å². The molecule has 1 atom stereocenters. The third-order valence-electron chi connectivity index (χ3n) is 2.96. The number of nitrogens with one attached hydrogen (secondary N) is 1. The second-order valence-electron chi connectivity index (χ2n) is 4.38. The standard InChI is InChI=1S/C15H17N3O/c1-3-13(12-7-5-4-6-8-12)14(19)18-15-16-10-9-11(2)17-15/h4-10,13H,3H2,1-2H3,(H,16,17,18,19)/t13-/m0/s1. The lowest BCUT2D eigenvalue weighted by Crippen LogP contribution is -2.22. The Morgan fingerprint density at radius 3 is 2.63 bits per heavy atom. The zero-order valence-electron chi connectivity index (χ0n) is 11.1. The van der Waals surface area contributed by atoms with Gasteiger partial charge in [0, 0.05) is 11.9 Å². The summed E-state index contributed by atoms with van der Waals surface area (Å²) < 4.78 is 0. The van der Waals surface area contributed by atoms with Crippen LogP contribution in [-0.4, -0.2) is 15.9 Å². The second kappa shape index (κ2) is 6.09. The highest BCUT2D eigenvalue weighted by Crippen LogP contribution is 2.20. The third-order valence-corrected chi connectivity index (χ3v) is 2.96. The minimum atomic E-state index is -0.176. The molecule has 0 saturated carbocycles. The molecular formula is C15H17N3O. The van der Waals surface area contributed by atoms with Crippen LogP contribution in [0.3, 0.4) is 0 Å². The van der Waals surface area contributed by atoms with Crippen molar-refractivity contribution in [1.82, 2.24) is 9.97 Å². The normalized spacial score (nSPS) is 11.9. The molecule has 0 bridgehead atoms. The predicted molar refractivity (Wildman–Crippen MR) is 74.9 cm³/mol. The SMILES string of the molecule is CC[C@H](C(=O)Nc1nccc(C)n1)c1ccccc1. The molecule has 1 aromatic carbocycles. The van der Waals surface area contributed by atoms with Gasteiger partial charge in [0.15, 0.2) is 0 Å². The van der Waals surface area contributed by atoms with Crippen molar-refractivity contribution < 1.29 is 4.79 Å². The molecule has 0 aliphatic heterocycles. The monoisotopic (exact) mass is 255 g/mol. The molecule has 1 N–H and O–H groups in total. The average Bonchev–Trinajstić information content (AvgIpc) is 2.41. The molecule has 98 valence electrons. The first-order valence-electron chi connectivity index (χ1n) is 6.36. The van der Waals surface area contributed by atoms with Crippen LogP contribution in [-0.2, 0) is 4.79 Å². The van der Waals surface area contributed by atoms with Crippen LogP contribution in [0.25, 0.3) is 0 Å². The van der Waals surface area contributed by atoms with Gasteiger partial charge in [-0.15, -0.1) is 0 Å². The van der Waals surface area contributed by atoms with Crippen molar-refractivity contribution in [3.63, 3.8) is 0 Å². The number of rotatable bonds is 4. The van der Waals surface area contributed by atoms with Gasteiger partial charge in [-0.25, -0.2) is 9.97 Å². The molecule has 19 heavy (non-hydrogen) atoms. The summed E-state index contributed by atoms with van der Waals surface area (Å²) in [5.74, 6) is 0.115. The van der Waals surface area contributed by atoms with E-state index >= 15 is 0 Å². The fraction of sp³-hybridized carbons (Fsp3) is 0.267. The topological polar surface area (TPSA) is 54.9 Å². The molecule has 4 nitrogen and oxygen atoms in total. The quantitative estimate of drug-likeness (QED) is 0.913. The second-order valence-corrected chi connectivity index (χ2v) is 4.38. The molecule has 0 radical (unpaired) electrons. The van der Waals surface area contributed by atoms with Gasteiger partial charge in [-0.2, -0.15) is 0 Å². The molecule has 0 spiro atoms. The predicted octanol–water partition coefficient (Wildman–Crippen LogP) is 2.92. The van der Waals surface area contributed by atoms with Gasteiger partial charge in [0.1, 0.15) is 0 Å². The molecule has 1 amide bonds. The summed E-state index contributed by atoms with van der Waals surface area (Å²) in [5.41, 5.74) is 1.84. The molecular weight excluding hydrogens is 238 g/mol. The molecule has 4 heteroatoms. The van der Waals surface area contributed by atoms with Crippen molar-refractivity contribution in [2.24, 2.45) is 0 Å². The number of hydrogen-bond acceptors (Lipinski definition) is 3. The minimum absolute atomic E-state index is 0.0701. The summed E-state index contributed by atoms with van der Waals surface area (Å²) >= 11 is 0. The number of hydrogen-bond donors (Lipinski definition) is 1. The maximum atomic E-state index is 12.3. The first kappa shape index (κ1) is 13.2. The van der Waals surface area contributed by atoms with Crippen molar-refractivity contribution in [1.29, 1.82) is 0 Å². The smallest absolute Gasteiger partial charge is 0.234 e. The van der Waals surface area contributed by atoms with Crippen molar-refractivity contribution >= 4 is 11.9 Å². The third kappa shape index (κ3) is 3.37. The van der Waals surface area contributed by atoms with Crippen LogP contribution in [0.5, 0.6) is 0 Å². The summed E-state index contributed by atoms with van der Waals surface area (Å²) in [7, 11) is 0. The summed E-state index contributed by atoms with van der Waals surface area (Å²) in [5, 5.41) is 2.77. The van der Waals surface area contributed by atoms with E-state index in [0.29, 0.717) is 5.95 Å². The van der Waals surface area contributed by atoms with Crippen molar-refractivity contribution in [3.05, 3.63) is 53.9 Å². The lowest BCUT2D eigenvalue weighted by Gasteiger charge is -2.14. The lowest BCUT2D eigenvalue weighted by molar-refractivity contribution is -0.117. The van der Waals surface area contributed by atoms with Crippen LogP contribution in [0.15, 0.2) is 42.6 Å². The van der Waals surface area contributed by atoms with E-state index in [-0.39, 0.29) is 11.8 Å². The zero-order valence-corrected chi connectivity index (χ0v) is 11.1. The lowest BCUT2D eigenvalue weighted by atomic mass is 9.96. The van der Waals surface area contributed by atoms with E-state index in [2.05, 4.69) is 15.3 Å². The van der Waals surface area contributed by atoms with E-state index in [4.69, 9.17) is 0 Å². The summed E-state index contributed by atoms with van der Waals surface area (Å²) in [6, 6.07) is 11.5. The van der Waals surface area contributed by atoms with E-state index in [1.54, 1.807) is 12.3 Å². The number of aromatic nitrogens is 2. The average molecular weight is 255 g/mol.